The van der Waals surface area contributed by atoms with Gasteiger partial charge in [-0.2, -0.15) is 0 Å². The molecule has 0 aliphatic carbocycles. The Morgan fingerprint density at radius 1 is 1.36 bits per heavy atom. The molecule has 0 spiro atoms. The normalized spacial score (nSPS) is 22.2. The van der Waals surface area contributed by atoms with Gasteiger partial charge in [-0.1, -0.05) is 26.0 Å². The molecule has 1 aliphatic heterocycles. The number of benzene rings is 1. The average Bonchev–Trinajstić information content (AvgIpc) is 2.44. The summed E-state index contributed by atoms with van der Waals surface area (Å²) in [4.78, 5) is 22.9. The molecule has 1 amide bonds. The lowest BCUT2D eigenvalue weighted by Crippen LogP contribution is -2.67. The second kappa shape index (κ2) is 6.41. The van der Waals surface area contributed by atoms with Gasteiger partial charge in [0.15, 0.2) is 0 Å². The fourth-order valence-corrected chi connectivity index (χ4v) is 2.78. The number of hydrogen-bond acceptors (Lipinski definition) is 5. The van der Waals surface area contributed by atoms with Gasteiger partial charge >= 0.3 is 0 Å². The lowest BCUT2D eigenvalue weighted by Gasteiger charge is -2.41. The molecule has 7 heteroatoms. The summed E-state index contributed by atoms with van der Waals surface area (Å²) >= 11 is 0. The summed E-state index contributed by atoms with van der Waals surface area (Å²) in [5.74, 6) is 0.395. The monoisotopic (exact) mass is 306 g/mol. The summed E-state index contributed by atoms with van der Waals surface area (Å²) in [6.45, 7) is 6.99. The highest BCUT2D eigenvalue weighted by Gasteiger charge is 2.39. The van der Waals surface area contributed by atoms with Crippen molar-refractivity contribution in [3.05, 3.63) is 39.9 Å². The van der Waals surface area contributed by atoms with Gasteiger partial charge in [0, 0.05) is 12.1 Å². The topological polar surface area (TPSA) is 87.5 Å². The number of hydrogen-bond donors (Lipinski definition) is 2. The SMILES string of the molecule is CC(C)CC1(C)NCNN(Cc2ccc([N+](=O)[O-])cc2)C1=O. The number of non-ortho nitro benzene ring substituents is 1. The largest absolute Gasteiger partial charge is 0.289 e. The zero-order chi connectivity index (χ0) is 16.3. The van der Waals surface area contributed by atoms with E-state index in [1.165, 1.54) is 12.1 Å². The standard InChI is InChI=1S/C15H22N4O3/c1-11(2)8-15(3)14(20)18(17-10-16-15)9-12-4-6-13(7-5-12)19(21)22/h4-7,11,16-17H,8-10H2,1-3H3. The number of carbonyl (C=O) groups is 1. The third-order valence-electron chi connectivity index (χ3n) is 3.77. The van der Waals surface area contributed by atoms with Crippen molar-refractivity contribution in [1.29, 1.82) is 0 Å². The summed E-state index contributed by atoms with van der Waals surface area (Å²) in [6.07, 6.45) is 0.754. The fraction of sp³-hybridized carbons (Fsp3) is 0.533. The number of nitrogens with one attached hydrogen (secondary N) is 2. The molecule has 120 valence electrons. The van der Waals surface area contributed by atoms with Crippen molar-refractivity contribution in [2.75, 3.05) is 6.67 Å². The zero-order valence-corrected chi connectivity index (χ0v) is 13.1. The Bertz CT molecular complexity index is 558. The van der Waals surface area contributed by atoms with E-state index in [1.807, 2.05) is 6.92 Å². The summed E-state index contributed by atoms with van der Waals surface area (Å²) in [5.41, 5.74) is 3.34. The summed E-state index contributed by atoms with van der Waals surface area (Å²) in [7, 11) is 0. The van der Waals surface area contributed by atoms with E-state index < -0.39 is 10.5 Å². The van der Waals surface area contributed by atoms with Crippen LogP contribution in [0.2, 0.25) is 0 Å². The van der Waals surface area contributed by atoms with Crippen LogP contribution in [-0.4, -0.2) is 28.0 Å². The van der Waals surface area contributed by atoms with Crippen LogP contribution in [0.25, 0.3) is 0 Å². The smallest absolute Gasteiger partial charge is 0.269 e. The van der Waals surface area contributed by atoms with Crippen LogP contribution in [0.3, 0.4) is 0 Å². The molecular formula is C15H22N4O3. The number of nitro benzene ring substituents is 1. The van der Waals surface area contributed by atoms with E-state index >= 15 is 0 Å². The molecule has 1 aliphatic rings. The molecule has 1 saturated heterocycles. The molecule has 7 nitrogen and oxygen atoms in total. The molecule has 0 aromatic heterocycles. The first kappa shape index (κ1) is 16.4. The van der Waals surface area contributed by atoms with Crippen LogP contribution in [0.4, 0.5) is 5.69 Å². The second-order valence-corrected chi connectivity index (χ2v) is 6.26. The Labute approximate surface area is 129 Å². The van der Waals surface area contributed by atoms with Gasteiger partial charge in [0.2, 0.25) is 0 Å². The lowest BCUT2D eigenvalue weighted by molar-refractivity contribution is -0.384. The Hall–Kier alpha value is -1.99. The van der Waals surface area contributed by atoms with Crippen LogP contribution >= 0.6 is 0 Å². The maximum atomic E-state index is 12.7. The molecular weight excluding hydrogens is 284 g/mol. The number of carbonyl (C=O) groups excluding carboxylic acids is 1. The average molecular weight is 306 g/mol. The second-order valence-electron chi connectivity index (χ2n) is 6.26. The maximum Gasteiger partial charge on any atom is 0.269 e. The molecule has 0 radical (unpaired) electrons. The van der Waals surface area contributed by atoms with Crippen molar-refractivity contribution in [3.8, 4) is 0 Å². The van der Waals surface area contributed by atoms with E-state index in [0.717, 1.165) is 12.0 Å². The first-order valence-electron chi connectivity index (χ1n) is 7.35. The van der Waals surface area contributed by atoms with E-state index in [2.05, 4.69) is 24.6 Å². The van der Waals surface area contributed by atoms with Gasteiger partial charge in [0.25, 0.3) is 11.6 Å². The maximum absolute atomic E-state index is 12.7. The first-order chi connectivity index (χ1) is 10.3. The molecule has 1 fully saturated rings. The van der Waals surface area contributed by atoms with Crippen molar-refractivity contribution in [3.63, 3.8) is 0 Å². The molecule has 2 rings (SSSR count). The van der Waals surface area contributed by atoms with Crippen molar-refractivity contribution in [1.82, 2.24) is 15.8 Å². The summed E-state index contributed by atoms with van der Waals surface area (Å²) in [5, 5.41) is 15.5. The number of nitro groups is 1. The van der Waals surface area contributed by atoms with Crippen LogP contribution in [0.1, 0.15) is 32.8 Å². The molecule has 0 bridgehead atoms. The fourth-order valence-electron chi connectivity index (χ4n) is 2.78. The van der Waals surface area contributed by atoms with Crippen LogP contribution in [0.15, 0.2) is 24.3 Å². The van der Waals surface area contributed by atoms with E-state index in [4.69, 9.17) is 0 Å². The molecule has 1 unspecified atom stereocenters. The molecule has 2 N–H and O–H groups in total. The van der Waals surface area contributed by atoms with Crippen molar-refractivity contribution in [2.24, 2.45) is 5.92 Å². The highest BCUT2D eigenvalue weighted by atomic mass is 16.6. The van der Waals surface area contributed by atoms with Crippen LogP contribution in [0, 0.1) is 16.0 Å². The van der Waals surface area contributed by atoms with Crippen molar-refractivity contribution >= 4 is 11.6 Å². The van der Waals surface area contributed by atoms with Gasteiger partial charge in [-0.15, -0.1) is 0 Å². The summed E-state index contributed by atoms with van der Waals surface area (Å²) in [6, 6.07) is 6.26. The number of hydrazine groups is 1. The number of nitrogens with zero attached hydrogens (tertiary/aromatic N) is 2. The van der Waals surface area contributed by atoms with Crippen molar-refractivity contribution < 1.29 is 9.72 Å². The van der Waals surface area contributed by atoms with Crippen LogP contribution in [-0.2, 0) is 11.3 Å². The molecule has 1 heterocycles. The quantitative estimate of drug-likeness (QED) is 0.639. The van der Waals surface area contributed by atoms with Gasteiger partial charge in [-0.25, -0.2) is 5.43 Å². The van der Waals surface area contributed by atoms with E-state index in [9.17, 15) is 14.9 Å². The number of amides is 1. The molecule has 0 saturated carbocycles. The third kappa shape index (κ3) is 3.61. The first-order valence-corrected chi connectivity index (χ1v) is 7.35. The van der Waals surface area contributed by atoms with Gasteiger partial charge in [-0.05, 0) is 24.8 Å². The van der Waals surface area contributed by atoms with Gasteiger partial charge in [0.1, 0.15) is 0 Å². The van der Waals surface area contributed by atoms with Crippen LogP contribution < -0.4 is 10.7 Å². The van der Waals surface area contributed by atoms with Gasteiger partial charge in [0.05, 0.1) is 23.7 Å². The van der Waals surface area contributed by atoms with E-state index in [0.29, 0.717) is 19.1 Å². The third-order valence-corrected chi connectivity index (χ3v) is 3.77. The predicted molar refractivity (Wildman–Crippen MR) is 82.6 cm³/mol. The minimum atomic E-state index is -0.583. The minimum absolute atomic E-state index is 0.00852. The molecule has 1 atom stereocenters. The Balaban J connectivity index is 2.08. The lowest BCUT2D eigenvalue weighted by atomic mass is 9.89. The van der Waals surface area contributed by atoms with Gasteiger partial charge in [-0.3, -0.25) is 25.2 Å². The predicted octanol–water partition coefficient (Wildman–Crippen LogP) is 1.79. The molecule has 1 aromatic rings. The highest BCUT2D eigenvalue weighted by molar-refractivity contribution is 5.86. The van der Waals surface area contributed by atoms with E-state index in [1.54, 1.807) is 17.1 Å². The zero-order valence-electron chi connectivity index (χ0n) is 13.1. The summed E-state index contributed by atoms with van der Waals surface area (Å²) < 4.78 is 0. The van der Waals surface area contributed by atoms with E-state index in [-0.39, 0.29) is 11.6 Å². The molecule has 1 aromatic carbocycles. The Morgan fingerprint density at radius 2 is 2.00 bits per heavy atom. The Morgan fingerprint density at radius 3 is 2.55 bits per heavy atom. The minimum Gasteiger partial charge on any atom is -0.289 e. The number of rotatable bonds is 5. The van der Waals surface area contributed by atoms with Gasteiger partial charge < -0.3 is 0 Å². The van der Waals surface area contributed by atoms with Crippen molar-refractivity contribution in [2.45, 2.75) is 39.3 Å². The highest BCUT2D eigenvalue weighted by Crippen LogP contribution is 2.22. The van der Waals surface area contributed by atoms with Crippen LogP contribution in [0.5, 0.6) is 0 Å². The molecule has 22 heavy (non-hydrogen) atoms. The Kier molecular flexibility index (Phi) is 4.77.